The lowest BCUT2D eigenvalue weighted by Crippen LogP contribution is -2.01. The summed E-state index contributed by atoms with van der Waals surface area (Å²) in [6.45, 7) is 2.52. The van der Waals surface area contributed by atoms with Crippen molar-refractivity contribution >= 4 is 5.82 Å². The highest BCUT2D eigenvalue weighted by Crippen LogP contribution is 2.39. The lowest BCUT2D eigenvalue weighted by Gasteiger charge is -2.11. The third-order valence-corrected chi connectivity index (χ3v) is 3.05. The van der Waals surface area contributed by atoms with Crippen molar-refractivity contribution in [3.05, 3.63) is 36.2 Å². The van der Waals surface area contributed by atoms with Crippen molar-refractivity contribution in [1.82, 2.24) is 9.97 Å². The Labute approximate surface area is 117 Å². The van der Waals surface area contributed by atoms with Gasteiger partial charge in [0, 0.05) is 12.0 Å². The van der Waals surface area contributed by atoms with Gasteiger partial charge in [-0.2, -0.15) is 4.98 Å². The molecule has 5 heteroatoms. The summed E-state index contributed by atoms with van der Waals surface area (Å²) in [4.78, 5) is 8.67. The minimum Gasteiger partial charge on any atom is -0.490 e. The Balaban J connectivity index is 1.87. The number of ether oxygens (including phenoxy) is 2. The highest BCUT2D eigenvalue weighted by Gasteiger charge is 2.27. The van der Waals surface area contributed by atoms with Crippen molar-refractivity contribution in [2.75, 3.05) is 12.3 Å². The average Bonchev–Trinajstić information content (AvgIpc) is 3.25. The van der Waals surface area contributed by atoms with Crippen molar-refractivity contribution in [1.29, 1.82) is 0 Å². The minimum absolute atomic E-state index is 0.433. The van der Waals surface area contributed by atoms with E-state index in [2.05, 4.69) is 9.97 Å². The van der Waals surface area contributed by atoms with Crippen molar-refractivity contribution in [3.8, 4) is 17.4 Å². The fourth-order valence-corrected chi connectivity index (χ4v) is 1.96. The molecule has 2 aromatic rings. The molecule has 1 saturated carbocycles. The van der Waals surface area contributed by atoms with Crippen LogP contribution in [-0.2, 0) is 0 Å². The van der Waals surface area contributed by atoms with Crippen LogP contribution in [0.5, 0.6) is 17.4 Å². The summed E-state index contributed by atoms with van der Waals surface area (Å²) in [6, 6.07) is 9.14. The molecule has 1 aliphatic carbocycles. The molecule has 0 aliphatic heterocycles. The summed E-state index contributed by atoms with van der Waals surface area (Å²) in [5.74, 6) is 3.43. The van der Waals surface area contributed by atoms with Gasteiger partial charge in [0.2, 0.25) is 5.88 Å². The molecule has 20 heavy (non-hydrogen) atoms. The van der Waals surface area contributed by atoms with Gasteiger partial charge in [-0.25, -0.2) is 4.98 Å². The molecule has 1 aliphatic rings. The molecular formula is C15H17N3O2. The zero-order valence-electron chi connectivity index (χ0n) is 11.4. The molecule has 1 fully saturated rings. The van der Waals surface area contributed by atoms with Crippen LogP contribution in [0.25, 0.3) is 0 Å². The number of anilines is 1. The third-order valence-electron chi connectivity index (χ3n) is 3.05. The van der Waals surface area contributed by atoms with Crippen molar-refractivity contribution in [2.45, 2.75) is 25.7 Å². The van der Waals surface area contributed by atoms with Crippen LogP contribution in [0.1, 0.15) is 31.5 Å². The van der Waals surface area contributed by atoms with Crippen LogP contribution in [0.3, 0.4) is 0 Å². The van der Waals surface area contributed by atoms with Crippen LogP contribution in [0.2, 0.25) is 0 Å². The van der Waals surface area contributed by atoms with E-state index in [1.165, 1.54) is 0 Å². The van der Waals surface area contributed by atoms with Gasteiger partial charge < -0.3 is 15.2 Å². The SMILES string of the molecule is CCOc1ccccc1Oc1cc(N)nc(C2CC2)n1. The monoisotopic (exact) mass is 271 g/mol. The van der Waals surface area contributed by atoms with E-state index >= 15 is 0 Å². The first kappa shape index (κ1) is 12.7. The number of rotatable bonds is 5. The van der Waals surface area contributed by atoms with Crippen LogP contribution >= 0.6 is 0 Å². The topological polar surface area (TPSA) is 70.3 Å². The van der Waals surface area contributed by atoms with Gasteiger partial charge in [-0.15, -0.1) is 0 Å². The van der Waals surface area contributed by atoms with Crippen LogP contribution in [-0.4, -0.2) is 16.6 Å². The lowest BCUT2D eigenvalue weighted by atomic mass is 10.3. The molecule has 0 amide bonds. The second-order valence-corrected chi connectivity index (χ2v) is 4.75. The second kappa shape index (κ2) is 5.36. The van der Waals surface area contributed by atoms with Gasteiger partial charge in [-0.3, -0.25) is 0 Å². The lowest BCUT2D eigenvalue weighted by molar-refractivity contribution is 0.319. The van der Waals surface area contributed by atoms with E-state index in [0.717, 1.165) is 18.7 Å². The van der Waals surface area contributed by atoms with E-state index in [1.54, 1.807) is 6.07 Å². The van der Waals surface area contributed by atoms with Crippen LogP contribution < -0.4 is 15.2 Å². The van der Waals surface area contributed by atoms with Crippen LogP contribution in [0.15, 0.2) is 30.3 Å². The maximum absolute atomic E-state index is 5.81. The summed E-state index contributed by atoms with van der Waals surface area (Å²) >= 11 is 0. The average molecular weight is 271 g/mol. The van der Waals surface area contributed by atoms with E-state index in [0.29, 0.717) is 35.7 Å². The maximum Gasteiger partial charge on any atom is 0.224 e. The Kier molecular flexibility index (Phi) is 3.41. The van der Waals surface area contributed by atoms with E-state index in [1.807, 2.05) is 31.2 Å². The predicted octanol–water partition coefficient (Wildman–Crippen LogP) is 3.13. The number of nitrogens with two attached hydrogens (primary N) is 1. The Hall–Kier alpha value is -2.30. The van der Waals surface area contributed by atoms with Gasteiger partial charge in [0.15, 0.2) is 11.5 Å². The maximum atomic E-state index is 5.81. The van der Waals surface area contributed by atoms with E-state index < -0.39 is 0 Å². The van der Waals surface area contributed by atoms with E-state index in [9.17, 15) is 0 Å². The fourth-order valence-electron chi connectivity index (χ4n) is 1.96. The summed E-state index contributed by atoms with van der Waals surface area (Å²) < 4.78 is 11.3. The largest absolute Gasteiger partial charge is 0.490 e. The summed E-state index contributed by atoms with van der Waals surface area (Å²) in [5, 5.41) is 0. The zero-order valence-corrected chi connectivity index (χ0v) is 11.4. The van der Waals surface area contributed by atoms with E-state index in [-0.39, 0.29) is 0 Å². The second-order valence-electron chi connectivity index (χ2n) is 4.75. The van der Waals surface area contributed by atoms with Gasteiger partial charge in [-0.05, 0) is 31.9 Å². The van der Waals surface area contributed by atoms with Crippen molar-refractivity contribution < 1.29 is 9.47 Å². The van der Waals surface area contributed by atoms with E-state index in [4.69, 9.17) is 15.2 Å². The Morgan fingerprint density at radius 2 is 1.95 bits per heavy atom. The smallest absolute Gasteiger partial charge is 0.224 e. The molecule has 0 saturated heterocycles. The molecule has 1 aromatic carbocycles. The van der Waals surface area contributed by atoms with Gasteiger partial charge in [0.25, 0.3) is 0 Å². The van der Waals surface area contributed by atoms with Gasteiger partial charge >= 0.3 is 0 Å². The number of hydrogen-bond acceptors (Lipinski definition) is 5. The van der Waals surface area contributed by atoms with Gasteiger partial charge in [0.05, 0.1) is 6.61 Å². The summed E-state index contributed by atoms with van der Waals surface area (Å²) in [6.07, 6.45) is 2.25. The number of nitrogens with zero attached hydrogens (tertiary/aromatic N) is 2. The molecule has 1 heterocycles. The zero-order chi connectivity index (χ0) is 13.9. The highest BCUT2D eigenvalue weighted by molar-refractivity contribution is 5.43. The Morgan fingerprint density at radius 1 is 1.20 bits per heavy atom. The molecule has 0 radical (unpaired) electrons. The first-order chi connectivity index (χ1) is 9.76. The molecule has 3 rings (SSSR count). The standard InChI is InChI=1S/C15H17N3O2/c1-2-19-11-5-3-4-6-12(11)20-14-9-13(16)17-15(18-14)10-7-8-10/h3-6,9-10H,2,7-8H2,1H3,(H2,16,17,18). The summed E-state index contributed by atoms with van der Waals surface area (Å²) in [7, 11) is 0. The number of benzene rings is 1. The number of aromatic nitrogens is 2. The molecule has 0 atom stereocenters. The first-order valence-corrected chi connectivity index (χ1v) is 6.80. The molecule has 0 bridgehead atoms. The third kappa shape index (κ3) is 2.82. The highest BCUT2D eigenvalue weighted by atomic mass is 16.5. The molecule has 0 spiro atoms. The van der Waals surface area contributed by atoms with Crippen molar-refractivity contribution in [2.24, 2.45) is 0 Å². The van der Waals surface area contributed by atoms with Gasteiger partial charge in [0.1, 0.15) is 11.6 Å². The molecule has 2 N–H and O–H groups in total. The number of nitrogen functional groups attached to an aromatic ring is 1. The molecule has 0 unspecified atom stereocenters. The minimum atomic E-state index is 0.433. The quantitative estimate of drug-likeness (QED) is 0.904. The summed E-state index contributed by atoms with van der Waals surface area (Å²) in [5.41, 5.74) is 5.81. The molecule has 5 nitrogen and oxygen atoms in total. The number of hydrogen-bond donors (Lipinski definition) is 1. The van der Waals surface area contributed by atoms with Crippen LogP contribution in [0.4, 0.5) is 5.82 Å². The normalized spacial score (nSPS) is 14.1. The fraction of sp³-hybridized carbons (Fsp3) is 0.333. The first-order valence-electron chi connectivity index (χ1n) is 6.80. The molecule has 1 aromatic heterocycles. The molecular weight excluding hydrogens is 254 g/mol. The Bertz CT molecular complexity index is 612. The van der Waals surface area contributed by atoms with Gasteiger partial charge in [-0.1, -0.05) is 12.1 Å². The molecule has 104 valence electrons. The van der Waals surface area contributed by atoms with Crippen molar-refractivity contribution in [3.63, 3.8) is 0 Å². The number of para-hydroxylation sites is 2. The van der Waals surface area contributed by atoms with Crippen LogP contribution in [0, 0.1) is 0 Å². The Morgan fingerprint density at radius 3 is 2.65 bits per heavy atom. The predicted molar refractivity (Wildman–Crippen MR) is 76.1 cm³/mol.